The van der Waals surface area contributed by atoms with Gasteiger partial charge in [0.05, 0.1) is 19.8 Å². The van der Waals surface area contributed by atoms with Gasteiger partial charge in [-0.3, -0.25) is 9.69 Å². The van der Waals surface area contributed by atoms with Gasteiger partial charge in [-0.25, -0.2) is 0 Å². The molecule has 2 aliphatic rings. The summed E-state index contributed by atoms with van der Waals surface area (Å²) >= 11 is 0. The molecule has 1 aliphatic carbocycles. The van der Waals surface area contributed by atoms with Crippen LogP contribution in [0.4, 0.5) is 0 Å². The van der Waals surface area contributed by atoms with E-state index >= 15 is 0 Å². The minimum Gasteiger partial charge on any atom is -0.493 e. The van der Waals surface area contributed by atoms with Crippen molar-refractivity contribution >= 4 is 5.78 Å². The Balaban J connectivity index is 1.68. The zero-order valence-corrected chi connectivity index (χ0v) is 13.6. The van der Waals surface area contributed by atoms with Crippen LogP contribution in [0.15, 0.2) is 18.2 Å². The Hall–Kier alpha value is -1.55. The molecule has 1 aliphatic heterocycles. The number of Topliss-reactive ketones (excluding diaryl/α,β-unsaturated/α-hetero) is 1. The maximum Gasteiger partial charge on any atom is 0.160 e. The maximum atomic E-state index is 12.3. The van der Waals surface area contributed by atoms with E-state index in [2.05, 4.69) is 11.0 Å². The lowest BCUT2D eigenvalue weighted by atomic mass is 9.93. The van der Waals surface area contributed by atoms with E-state index in [-0.39, 0.29) is 5.54 Å². The lowest BCUT2D eigenvalue weighted by Crippen LogP contribution is -2.47. The van der Waals surface area contributed by atoms with Gasteiger partial charge in [0.15, 0.2) is 17.3 Å². The molecule has 0 N–H and O–H groups in total. The average molecular weight is 303 g/mol. The van der Waals surface area contributed by atoms with Crippen LogP contribution in [0.3, 0.4) is 0 Å². The summed E-state index contributed by atoms with van der Waals surface area (Å²) in [5.41, 5.74) is 1.10. The van der Waals surface area contributed by atoms with Gasteiger partial charge in [-0.2, -0.15) is 0 Å². The highest BCUT2D eigenvalue weighted by atomic mass is 16.5. The Morgan fingerprint density at radius 3 is 2.59 bits per heavy atom. The van der Waals surface area contributed by atoms with E-state index in [1.165, 1.54) is 5.56 Å². The van der Waals surface area contributed by atoms with Crippen molar-refractivity contribution in [3.05, 3.63) is 23.8 Å². The molecule has 4 nitrogen and oxygen atoms in total. The highest BCUT2D eigenvalue weighted by Gasteiger charge is 2.48. The first kappa shape index (κ1) is 15.3. The molecule has 120 valence electrons. The molecule has 1 unspecified atom stereocenters. The number of likely N-dealkylation sites (tertiary alicyclic amines) is 1. The number of rotatable bonds is 5. The zero-order chi connectivity index (χ0) is 15.6. The van der Waals surface area contributed by atoms with Gasteiger partial charge in [0.2, 0.25) is 0 Å². The Kier molecular flexibility index (Phi) is 4.39. The third-order valence-electron chi connectivity index (χ3n) is 5.26. The van der Waals surface area contributed by atoms with Crippen molar-refractivity contribution in [2.75, 3.05) is 27.3 Å². The summed E-state index contributed by atoms with van der Waals surface area (Å²) in [7, 11) is 3.31. The van der Waals surface area contributed by atoms with Crippen LogP contribution in [0, 0.1) is 0 Å². The van der Waals surface area contributed by atoms with Crippen LogP contribution in [-0.4, -0.2) is 43.5 Å². The monoisotopic (exact) mass is 303 g/mol. The normalized spacial score (nSPS) is 25.1. The Labute approximate surface area is 132 Å². The third-order valence-corrected chi connectivity index (χ3v) is 5.26. The number of methoxy groups -OCH3 is 2. The van der Waals surface area contributed by atoms with Gasteiger partial charge < -0.3 is 9.47 Å². The number of hydrogen-bond acceptors (Lipinski definition) is 4. The van der Waals surface area contributed by atoms with E-state index in [0.29, 0.717) is 5.78 Å². The fraction of sp³-hybridized carbons (Fsp3) is 0.611. The van der Waals surface area contributed by atoms with E-state index in [4.69, 9.17) is 9.47 Å². The molecule has 1 aromatic carbocycles. The predicted molar refractivity (Wildman–Crippen MR) is 85.6 cm³/mol. The first-order valence-electron chi connectivity index (χ1n) is 8.19. The first-order chi connectivity index (χ1) is 10.7. The van der Waals surface area contributed by atoms with E-state index < -0.39 is 0 Å². The number of carbonyl (C=O) groups is 1. The molecule has 2 fully saturated rings. The van der Waals surface area contributed by atoms with Gasteiger partial charge >= 0.3 is 0 Å². The van der Waals surface area contributed by atoms with Crippen LogP contribution in [-0.2, 0) is 11.2 Å². The quantitative estimate of drug-likeness (QED) is 0.838. The molecule has 4 heteroatoms. The van der Waals surface area contributed by atoms with Crippen molar-refractivity contribution in [1.82, 2.24) is 4.90 Å². The molecule has 1 saturated heterocycles. The summed E-state index contributed by atoms with van der Waals surface area (Å²) < 4.78 is 10.6. The number of carbonyl (C=O) groups excluding carboxylic acids is 1. The fourth-order valence-corrected chi connectivity index (χ4v) is 4.07. The van der Waals surface area contributed by atoms with Crippen molar-refractivity contribution in [3.63, 3.8) is 0 Å². The number of ketones is 1. The summed E-state index contributed by atoms with van der Waals surface area (Å²) in [5.74, 6) is 2.00. The number of ether oxygens (including phenoxy) is 2. The van der Waals surface area contributed by atoms with Crippen LogP contribution in [0.2, 0.25) is 0 Å². The molecule has 1 aromatic rings. The van der Waals surface area contributed by atoms with Gasteiger partial charge in [0, 0.05) is 13.0 Å². The standard InChI is InChI=1S/C18H25NO3/c1-21-15-7-6-14(13-16(15)22-2)8-12-19-11-4-10-18(19)9-3-5-17(18)20/h6-7,13H,3-5,8-12H2,1-2H3. The lowest BCUT2D eigenvalue weighted by molar-refractivity contribution is -0.126. The Bertz CT molecular complexity index is 553. The highest BCUT2D eigenvalue weighted by molar-refractivity contribution is 5.90. The van der Waals surface area contributed by atoms with E-state index in [1.54, 1.807) is 14.2 Å². The van der Waals surface area contributed by atoms with Crippen LogP contribution in [0.5, 0.6) is 11.5 Å². The number of nitrogens with zero attached hydrogens (tertiary/aromatic N) is 1. The molecule has 0 amide bonds. The largest absolute Gasteiger partial charge is 0.493 e. The minimum atomic E-state index is -0.128. The molecular weight excluding hydrogens is 278 g/mol. The van der Waals surface area contributed by atoms with Crippen molar-refractivity contribution < 1.29 is 14.3 Å². The molecule has 0 radical (unpaired) electrons. The van der Waals surface area contributed by atoms with Crippen LogP contribution >= 0.6 is 0 Å². The van der Waals surface area contributed by atoms with Gasteiger partial charge in [-0.05, 0) is 56.3 Å². The Morgan fingerprint density at radius 1 is 1.14 bits per heavy atom. The van der Waals surface area contributed by atoms with Gasteiger partial charge in [-0.1, -0.05) is 6.07 Å². The van der Waals surface area contributed by atoms with Crippen LogP contribution < -0.4 is 9.47 Å². The molecule has 1 saturated carbocycles. The van der Waals surface area contributed by atoms with Crippen molar-refractivity contribution in [3.8, 4) is 11.5 Å². The van der Waals surface area contributed by atoms with E-state index in [0.717, 1.165) is 63.1 Å². The second-order valence-corrected chi connectivity index (χ2v) is 6.34. The smallest absolute Gasteiger partial charge is 0.160 e. The van der Waals surface area contributed by atoms with E-state index in [9.17, 15) is 4.79 Å². The van der Waals surface area contributed by atoms with E-state index in [1.807, 2.05) is 12.1 Å². The van der Waals surface area contributed by atoms with Gasteiger partial charge in [0.25, 0.3) is 0 Å². The maximum absolute atomic E-state index is 12.3. The molecule has 1 atom stereocenters. The summed E-state index contributed by atoms with van der Waals surface area (Å²) in [6, 6.07) is 6.08. The van der Waals surface area contributed by atoms with Crippen molar-refractivity contribution in [2.45, 2.75) is 44.1 Å². The molecular formula is C18H25NO3. The molecule has 3 rings (SSSR count). The summed E-state index contributed by atoms with van der Waals surface area (Å²) in [4.78, 5) is 14.8. The topological polar surface area (TPSA) is 38.8 Å². The first-order valence-corrected chi connectivity index (χ1v) is 8.19. The second-order valence-electron chi connectivity index (χ2n) is 6.34. The Morgan fingerprint density at radius 2 is 1.91 bits per heavy atom. The molecule has 1 heterocycles. The molecule has 0 bridgehead atoms. The highest BCUT2D eigenvalue weighted by Crippen LogP contribution is 2.40. The lowest BCUT2D eigenvalue weighted by Gasteiger charge is -2.33. The summed E-state index contributed by atoms with van der Waals surface area (Å²) in [6.07, 6.45) is 6.03. The molecule has 0 aromatic heterocycles. The number of benzene rings is 1. The SMILES string of the molecule is COc1ccc(CCN2CCCC23CCCC3=O)cc1OC. The third kappa shape index (κ3) is 2.60. The summed E-state index contributed by atoms with van der Waals surface area (Å²) in [6.45, 7) is 2.00. The van der Waals surface area contributed by atoms with Gasteiger partial charge in [-0.15, -0.1) is 0 Å². The number of hydrogen-bond donors (Lipinski definition) is 0. The summed E-state index contributed by atoms with van der Waals surface area (Å²) in [5, 5.41) is 0. The van der Waals surface area contributed by atoms with Crippen molar-refractivity contribution in [2.24, 2.45) is 0 Å². The predicted octanol–water partition coefficient (Wildman–Crippen LogP) is 2.83. The van der Waals surface area contributed by atoms with Gasteiger partial charge in [0.1, 0.15) is 0 Å². The van der Waals surface area contributed by atoms with Crippen LogP contribution in [0.1, 0.15) is 37.7 Å². The second kappa shape index (κ2) is 6.29. The zero-order valence-electron chi connectivity index (χ0n) is 13.6. The van der Waals surface area contributed by atoms with Crippen LogP contribution in [0.25, 0.3) is 0 Å². The molecule has 22 heavy (non-hydrogen) atoms. The minimum absolute atomic E-state index is 0.128. The fourth-order valence-electron chi connectivity index (χ4n) is 4.07. The average Bonchev–Trinajstić information content (AvgIpc) is 3.12. The molecule has 1 spiro atoms. The van der Waals surface area contributed by atoms with Crippen molar-refractivity contribution in [1.29, 1.82) is 0 Å².